The molecule has 3 N–H and O–H groups in total. The molecule has 216 valence electrons. The number of hydrogen-bond donors (Lipinski definition) is 3. The van der Waals surface area contributed by atoms with Crippen molar-refractivity contribution in [2.24, 2.45) is 5.10 Å². The van der Waals surface area contributed by atoms with Gasteiger partial charge in [0, 0.05) is 28.9 Å². The quantitative estimate of drug-likeness (QED) is 0.154. The lowest BCUT2D eigenvalue weighted by molar-refractivity contribution is -0.116. The number of carbonyl (C=O) groups excluding carboxylic acids is 3. The highest BCUT2D eigenvalue weighted by atomic mass is 16.5. The molecule has 9 heteroatoms. The summed E-state index contributed by atoms with van der Waals surface area (Å²) in [6, 6.07) is 28.3. The van der Waals surface area contributed by atoms with Crippen LogP contribution in [0.5, 0.6) is 11.5 Å². The van der Waals surface area contributed by atoms with E-state index in [2.05, 4.69) is 21.2 Å². The van der Waals surface area contributed by atoms with Crippen LogP contribution in [0.4, 0.5) is 17.1 Å². The summed E-state index contributed by atoms with van der Waals surface area (Å²) in [6.07, 6.45) is 1.57. The van der Waals surface area contributed by atoms with E-state index in [1.807, 2.05) is 38.1 Å². The van der Waals surface area contributed by atoms with Gasteiger partial charge in [0.05, 0.1) is 24.5 Å². The fraction of sp³-hybridized carbons (Fsp3) is 0.118. The van der Waals surface area contributed by atoms with Crippen LogP contribution in [0.1, 0.15) is 35.3 Å². The van der Waals surface area contributed by atoms with Gasteiger partial charge in [-0.1, -0.05) is 60.7 Å². The van der Waals surface area contributed by atoms with Gasteiger partial charge in [-0.15, -0.1) is 0 Å². The lowest BCUT2D eigenvalue weighted by atomic mass is 9.89. The third-order valence-corrected chi connectivity index (χ3v) is 6.51. The molecule has 0 aliphatic heterocycles. The average Bonchev–Trinajstić information content (AvgIpc) is 3.03. The van der Waals surface area contributed by atoms with Gasteiger partial charge in [0.25, 0.3) is 11.8 Å². The third kappa shape index (κ3) is 6.62. The normalized spacial score (nSPS) is 13.0. The molecule has 0 radical (unpaired) electrons. The number of benzene rings is 4. The van der Waals surface area contributed by atoms with E-state index in [0.29, 0.717) is 58.5 Å². The van der Waals surface area contributed by atoms with Crippen molar-refractivity contribution < 1.29 is 23.9 Å². The van der Waals surface area contributed by atoms with Crippen LogP contribution in [0, 0.1) is 0 Å². The Labute approximate surface area is 249 Å². The minimum Gasteiger partial charge on any atom is -0.492 e. The SMILES string of the molecule is CCOc1cc(NC(=O)c2ccccc2)c(OCC)cc1N/N=C1\C(=O)C(C(=O)Nc2ccccc2)=Cc2ccccc21. The zero-order valence-electron chi connectivity index (χ0n) is 23.7. The van der Waals surface area contributed by atoms with Crippen LogP contribution in [0.15, 0.2) is 108 Å². The van der Waals surface area contributed by atoms with E-state index in [0.717, 1.165) is 0 Å². The molecule has 0 aromatic heterocycles. The molecule has 4 aromatic carbocycles. The van der Waals surface area contributed by atoms with E-state index in [1.165, 1.54) is 0 Å². The zero-order chi connectivity index (χ0) is 30.2. The van der Waals surface area contributed by atoms with Gasteiger partial charge in [0.1, 0.15) is 22.9 Å². The number of ketones is 1. The van der Waals surface area contributed by atoms with Crippen molar-refractivity contribution in [3.63, 3.8) is 0 Å². The predicted molar refractivity (Wildman–Crippen MR) is 168 cm³/mol. The van der Waals surface area contributed by atoms with E-state index in [4.69, 9.17) is 9.47 Å². The van der Waals surface area contributed by atoms with E-state index in [9.17, 15) is 14.4 Å². The fourth-order valence-corrected chi connectivity index (χ4v) is 4.50. The maximum absolute atomic E-state index is 13.6. The van der Waals surface area contributed by atoms with Gasteiger partial charge >= 0.3 is 0 Å². The van der Waals surface area contributed by atoms with E-state index < -0.39 is 11.7 Å². The molecule has 0 bridgehead atoms. The third-order valence-electron chi connectivity index (χ3n) is 6.51. The summed E-state index contributed by atoms with van der Waals surface area (Å²) in [5.41, 5.74) is 6.12. The standard InChI is InChI=1S/C34H30N4O5/c1-3-42-29-21-28(30(43-4-2)20-27(29)36-33(40)22-13-7-5-8-14-22)37-38-31-25-18-12-11-15-23(25)19-26(32(31)39)34(41)35-24-16-9-6-10-17-24/h5-21,37H,3-4H2,1-2H3,(H,35,41)(H,36,40)/b38-31-. The Morgan fingerprint density at radius 2 is 1.33 bits per heavy atom. The van der Waals surface area contributed by atoms with Crippen molar-refractivity contribution in [2.75, 3.05) is 29.3 Å². The molecule has 2 amide bonds. The first-order valence-corrected chi connectivity index (χ1v) is 13.8. The summed E-state index contributed by atoms with van der Waals surface area (Å²) >= 11 is 0. The first-order valence-electron chi connectivity index (χ1n) is 13.8. The van der Waals surface area contributed by atoms with Crippen LogP contribution >= 0.6 is 0 Å². The predicted octanol–water partition coefficient (Wildman–Crippen LogP) is 6.16. The maximum atomic E-state index is 13.6. The Kier molecular flexibility index (Phi) is 8.92. The van der Waals surface area contributed by atoms with Crippen LogP contribution in [0.3, 0.4) is 0 Å². The average molecular weight is 575 g/mol. The van der Waals surface area contributed by atoms with Crippen molar-refractivity contribution in [1.29, 1.82) is 0 Å². The van der Waals surface area contributed by atoms with Crippen molar-refractivity contribution in [3.05, 3.63) is 119 Å². The Morgan fingerprint density at radius 3 is 2.02 bits per heavy atom. The van der Waals surface area contributed by atoms with Crippen LogP contribution in [0.25, 0.3) is 6.08 Å². The number of ether oxygens (including phenoxy) is 2. The highest BCUT2D eigenvalue weighted by Gasteiger charge is 2.30. The highest BCUT2D eigenvalue weighted by Crippen LogP contribution is 2.37. The van der Waals surface area contributed by atoms with Gasteiger partial charge in [-0.2, -0.15) is 5.10 Å². The Balaban J connectivity index is 1.48. The number of para-hydroxylation sites is 1. The largest absolute Gasteiger partial charge is 0.492 e. The molecule has 0 atom stereocenters. The lowest BCUT2D eigenvalue weighted by Crippen LogP contribution is -2.30. The van der Waals surface area contributed by atoms with Crippen molar-refractivity contribution in [2.45, 2.75) is 13.8 Å². The highest BCUT2D eigenvalue weighted by molar-refractivity contribution is 6.59. The molecule has 1 aliphatic rings. The number of rotatable bonds is 10. The topological polar surface area (TPSA) is 118 Å². The van der Waals surface area contributed by atoms with Gasteiger partial charge in [-0.3, -0.25) is 19.8 Å². The lowest BCUT2D eigenvalue weighted by Gasteiger charge is -2.19. The number of hydrazone groups is 1. The van der Waals surface area contributed by atoms with Gasteiger partial charge in [0.2, 0.25) is 5.78 Å². The number of anilines is 3. The molecule has 0 fully saturated rings. The smallest absolute Gasteiger partial charge is 0.259 e. The minimum atomic E-state index is -0.537. The molecular weight excluding hydrogens is 544 g/mol. The Morgan fingerprint density at radius 1 is 0.721 bits per heavy atom. The molecule has 0 unspecified atom stereocenters. The number of amides is 2. The van der Waals surface area contributed by atoms with E-state index in [1.54, 1.807) is 78.9 Å². The molecule has 43 heavy (non-hydrogen) atoms. The molecule has 1 aliphatic carbocycles. The first-order chi connectivity index (χ1) is 21.0. The summed E-state index contributed by atoms with van der Waals surface area (Å²) in [5, 5.41) is 10.1. The van der Waals surface area contributed by atoms with Gasteiger partial charge in [-0.25, -0.2) is 0 Å². The van der Waals surface area contributed by atoms with E-state index >= 15 is 0 Å². The van der Waals surface area contributed by atoms with Crippen molar-refractivity contribution in [3.8, 4) is 11.5 Å². The number of carbonyl (C=O) groups is 3. The second kappa shape index (κ2) is 13.3. The maximum Gasteiger partial charge on any atom is 0.259 e. The van der Waals surface area contributed by atoms with Gasteiger partial charge < -0.3 is 20.1 Å². The summed E-state index contributed by atoms with van der Waals surface area (Å²) in [5.74, 6) is -0.605. The molecule has 5 rings (SSSR count). The summed E-state index contributed by atoms with van der Waals surface area (Å²) in [7, 11) is 0. The Hall–Kier alpha value is -5.70. The second-order valence-corrected chi connectivity index (χ2v) is 9.40. The van der Waals surface area contributed by atoms with Crippen molar-refractivity contribution in [1.82, 2.24) is 0 Å². The van der Waals surface area contributed by atoms with Gasteiger partial charge in [-0.05, 0) is 49.8 Å². The zero-order valence-corrected chi connectivity index (χ0v) is 23.7. The van der Waals surface area contributed by atoms with Crippen LogP contribution < -0.4 is 25.5 Å². The monoisotopic (exact) mass is 574 g/mol. The summed E-state index contributed by atoms with van der Waals surface area (Å²) in [6.45, 7) is 4.34. The molecule has 0 spiro atoms. The number of fused-ring (bicyclic) bond motifs is 1. The van der Waals surface area contributed by atoms with E-state index in [-0.39, 0.29) is 17.2 Å². The molecule has 0 saturated heterocycles. The molecule has 4 aromatic rings. The molecular formula is C34H30N4O5. The van der Waals surface area contributed by atoms with Crippen LogP contribution in [-0.4, -0.2) is 36.5 Å². The number of nitrogens with one attached hydrogen (secondary N) is 3. The number of nitrogens with zero attached hydrogens (tertiary/aromatic N) is 1. The molecule has 0 heterocycles. The summed E-state index contributed by atoms with van der Waals surface area (Å²) < 4.78 is 11.7. The number of hydrogen-bond acceptors (Lipinski definition) is 7. The first kappa shape index (κ1) is 28.8. The van der Waals surface area contributed by atoms with Gasteiger partial charge in [0.15, 0.2) is 0 Å². The summed E-state index contributed by atoms with van der Waals surface area (Å²) in [4.78, 5) is 39.7. The second-order valence-electron chi connectivity index (χ2n) is 9.40. The number of Topliss-reactive ketones (excluding diaryl/α,β-unsaturated/α-hetero) is 1. The Bertz CT molecular complexity index is 1720. The van der Waals surface area contributed by atoms with Crippen LogP contribution in [0.2, 0.25) is 0 Å². The molecule has 9 nitrogen and oxygen atoms in total. The van der Waals surface area contributed by atoms with Crippen molar-refractivity contribution >= 4 is 46.4 Å². The molecule has 0 saturated carbocycles. The van der Waals surface area contributed by atoms with Crippen LogP contribution in [-0.2, 0) is 9.59 Å². The minimum absolute atomic E-state index is 0.0397. The fourth-order valence-electron chi connectivity index (χ4n) is 4.50.